The van der Waals surface area contributed by atoms with Gasteiger partial charge in [-0.05, 0) is 19.9 Å². The number of nitrogens with one attached hydrogen (secondary N) is 2. The van der Waals surface area contributed by atoms with Crippen LogP contribution >= 0.6 is 0 Å². The Morgan fingerprint density at radius 3 is 2.70 bits per heavy atom. The number of piperidine rings is 1. The van der Waals surface area contributed by atoms with Gasteiger partial charge in [0.05, 0.1) is 12.7 Å². The zero-order chi connectivity index (χ0) is 15.0. The summed E-state index contributed by atoms with van der Waals surface area (Å²) in [5, 5.41) is 3.06. The van der Waals surface area contributed by atoms with Gasteiger partial charge in [-0.15, -0.1) is 0 Å². The molecular weight excluding hydrogens is 282 g/mol. The van der Waals surface area contributed by atoms with Crippen molar-refractivity contribution in [3.63, 3.8) is 0 Å². The second-order valence-corrected chi connectivity index (χ2v) is 6.69. The summed E-state index contributed by atoms with van der Waals surface area (Å²) in [4.78, 5) is 0. The third-order valence-electron chi connectivity index (χ3n) is 3.50. The highest BCUT2D eigenvalue weighted by Crippen LogP contribution is 2.19. The Hall–Kier alpha value is -0.250. The van der Waals surface area contributed by atoms with Crippen molar-refractivity contribution in [3.05, 3.63) is 0 Å². The molecule has 1 aliphatic rings. The van der Waals surface area contributed by atoms with Crippen LogP contribution < -0.4 is 10.0 Å². The Kier molecular flexibility index (Phi) is 7.93. The molecule has 1 heterocycles. The number of likely N-dealkylation sites (N-methyl/N-ethyl adjacent to an activating group) is 1. The molecule has 0 aromatic rings. The van der Waals surface area contributed by atoms with E-state index < -0.39 is 10.2 Å². The van der Waals surface area contributed by atoms with Crippen LogP contribution in [0.25, 0.3) is 0 Å². The lowest BCUT2D eigenvalue weighted by Gasteiger charge is -2.34. The van der Waals surface area contributed by atoms with E-state index in [0.29, 0.717) is 19.7 Å². The Morgan fingerprint density at radius 2 is 2.10 bits per heavy atom. The summed E-state index contributed by atoms with van der Waals surface area (Å²) < 4.78 is 39.1. The maximum atomic E-state index is 12.4. The minimum absolute atomic E-state index is 0.0228. The number of methoxy groups -OCH3 is 2. The van der Waals surface area contributed by atoms with Crippen molar-refractivity contribution in [1.29, 1.82) is 0 Å². The predicted octanol–water partition coefficient (Wildman–Crippen LogP) is -0.444. The molecule has 0 aromatic heterocycles. The molecule has 1 rings (SSSR count). The van der Waals surface area contributed by atoms with Crippen molar-refractivity contribution in [3.8, 4) is 0 Å². The van der Waals surface area contributed by atoms with Crippen LogP contribution in [0.15, 0.2) is 0 Å². The van der Waals surface area contributed by atoms with Gasteiger partial charge in [0, 0.05) is 39.9 Å². The maximum Gasteiger partial charge on any atom is 0.279 e. The van der Waals surface area contributed by atoms with E-state index in [1.807, 2.05) is 7.05 Å². The zero-order valence-corrected chi connectivity index (χ0v) is 13.4. The molecule has 2 atom stereocenters. The maximum absolute atomic E-state index is 12.4. The molecule has 0 saturated carbocycles. The van der Waals surface area contributed by atoms with Crippen LogP contribution in [0, 0.1) is 0 Å². The lowest BCUT2D eigenvalue weighted by Crippen LogP contribution is -2.53. The first kappa shape index (κ1) is 17.8. The summed E-state index contributed by atoms with van der Waals surface area (Å²) >= 11 is 0. The summed E-state index contributed by atoms with van der Waals surface area (Å²) in [6.07, 6.45) is 2.60. The fraction of sp³-hybridized carbons (Fsp3) is 1.00. The molecule has 0 radical (unpaired) electrons. The number of ether oxygens (including phenoxy) is 2. The van der Waals surface area contributed by atoms with Gasteiger partial charge in [-0.3, -0.25) is 0 Å². The Morgan fingerprint density at radius 1 is 1.35 bits per heavy atom. The summed E-state index contributed by atoms with van der Waals surface area (Å²) in [7, 11) is 1.48. The van der Waals surface area contributed by atoms with E-state index in [1.54, 1.807) is 18.5 Å². The topological polar surface area (TPSA) is 79.9 Å². The van der Waals surface area contributed by atoms with Gasteiger partial charge in [-0.1, -0.05) is 6.42 Å². The first-order chi connectivity index (χ1) is 9.55. The summed E-state index contributed by atoms with van der Waals surface area (Å²) in [6.45, 7) is 1.82. The van der Waals surface area contributed by atoms with Gasteiger partial charge in [-0.2, -0.15) is 17.4 Å². The van der Waals surface area contributed by atoms with E-state index >= 15 is 0 Å². The summed E-state index contributed by atoms with van der Waals surface area (Å²) in [6, 6.07) is 0.0228. The first-order valence-electron chi connectivity index (χ1n) is 6.98. The van der Waals surface area contributed by atoms with Gasteiger partial charge in [0.25, 0.3) is 10.2 Å². The normalized spacial score (nSPS) is 22.9. The third-order valence-corrected chi connectivity index (χ3v) is 5.13. The minimum Gasteiger partial charge on any atom is -0.382 e. The predicted molar refractivity (Wildman–Crippen MR) is 77.9 cm³/mol. The monoisotopic (exact) mass is 309 g/mol. The summed E-state index contributed by atoms with van der Waals surface area (Å²) in [5.74, 6) is 0. The van der Waals surface area contributed by atoms with Crippen molar-refractivity contribution in [2.75, 3.05) is 47.5 Å². The SMILES string of the molecule is CNCC1CCCCN1S(=O)(=O)NCC(COC)OC. The van der Waals surface area contributed by atoms with Crippen molar-refractivity contribution in [1.82, 2.24) is 14.3 Å². The van der Waals surface area contributed by atoms with Crippen molar-refractivity contribution < 1.29 is 17.9 Å². The van der Waals surface area contributed by atoms with Crippen LogP contribution in [0.5, 0.6) is 0 Å². The number of nitrogens with zero attached hydrogens (tertiary/aromatic N) is 1. The molecule has 0 aliphatic carbocycles. The van der Waals surface area contributed by atoms with Crippen LogP contribution in [0.3, 0.4) is 0 Å². The van der Waals surface area contributed by atoms with Gasteiger partial charge in [0.2, 0.25) is 0 Å². The van der Waals surface area contributed by atoms with Gasteiger partial charge < -0.3 is 14.8 Å². The third kappa shape index (κ3) is 5.27. The highest BCUT2D eigenvalue weighted by molar-refractivity contribution is 7.87. The molecule has 0 amide bonds. The van der Waals surface area contributed by atoms with Crippen molar-refractivity contribution in [2.24, 2.45) is 0 Å². The molecule has 2 N–H and O–H groups in total. The van der Waals surface area contributed by atoms with Gasteiger partial charge >= 0.3 is 0 Å². The largest absolute Gasteiger partial charge is 0.382 e. The van der Waals surface area contributed by atoms with Crippen molar-refractivity contribution in [2.45, 2.75) is 31.4 Å². The highest BCUT2D eigenvalue weighted by Gasteiger charge is 2.31. The molecular formula is C12H27N3O4S. The lowest BCUT2D eigenvalue weighted by atomic mass is 10.1. The molecule has 0 aromatic carbocycles. The van der Waals surface area contributed by atoms with E-state index in [-0.39, 0.29) is 18.7 Å². The van der Waals surface area contributed by atoms with E-state index in [2.05, 4.69) is 10.0 Å². The van der Waals surface area contributed by atoms with Crippen molar-refractivity contribution >= 4 is 10.2 Å². The molecule has 1 saturated heterocycles. The van der Waals surface area contributed by atoms with Gasteiger partial charge in [-0.25, -0.2) is 0 Å². The molecule has 2 unspecified atom stereocenters. The highest BCUT2D eigenvalue weighted by atomic mass is 32.2. The first-order valence-corrected chi connectivity index (χ1v) is 8.42. The molecule has 20 heavy (non-hydrogen) atoms. The molecule has 120 valence electrons. The fourth-order valence-corrected chi connectivity index (χ4v) is 3.91. The molecule has 1 aliphatic heterocycles. The standard InChI is InChI=1S/C12H27N3O4S/c1-13-8-11-6-4-5-7-15(11)20(16,17)14-9-12(19-3)10-18-2/h11-14H,4-10H2,1-3H3. The van der Waals surface area contributed by atoms with Crippen LogP contribution in [0.2, 0.25) is 0 Å². The van der Waals surface area contributed by atoms with Gasteiger partial charge in [0.15, 0.2) is 0 Å². The van der Waals surface area contributed by atoms with Crippen LogP contribution in [-0.2, 0) is 19.7 Å². The Balaban J connectivity index is 2.60. The number of hydrogen-bond acceptors (Lipinski definition) is 5. The molecule has 8 heteroatoms. The van der Waals surface area contributed by atoms with E-state index in [9.17, 15) is 8.42 Å². The molecule has 7 nitrogen and oxygen atoms in total. The molecule has 1 fully saturated rings. The van der Waals surface area contributed by atoms with E-state index in [1.165, 1.54) is 0 Å². The zero-order valence-electron chi connectivity index (χ0n) is 12.6. The lowest BCUT2D eigenvalue weighted by molar-refractivity contribution is 0.0316. The quantitative estimate of drug-likeness (QED) is 0.603. The molecule has 0 bridgehead atoms. The average molecular weight is 309 g/mol. The average Bonchev–Trinajstić information content (AvgIpc) is 2.44. The van der Waals surface area contributed by atoms with Crippen LogP contribution in [-0.4, -0.2) is 72.4 Å². The van der Waals surface area contributed by atoms with E-state index in [0.717, 1.165) is 19.3 Å². The number of hydrogen-bond donors (Lipinski definition) is 2. The second kappa shape index (κ2) is 8.91. The smallest absolute Gasteiger partial charge is 0.279 e. The van der Waals surface area contributed by atoms with Crippen LogP contribution in [0.1, 0.15) is 19.3 Å². The fourth-order valence-electron chi connectivity index (χ4n) is 2.41. The minimum atomic E-state index is -3.47. The van der Waals surface area contributed by atoms with Crippen LogP contribution in [0.4, 0.5) is 0 Å². The van der Waals surface area contributed by atoms with Gasteiger partial charge in [0.1, 0.15) is 0 Å². The van der Waals surface area contributed by atoms with E-state index in [4.69, 9.17) is 9.47 Å². The summed E-state index contributed by atoms with van der Waals surface area (Å²) in [5.41, 5.74) is 0. The Labute approximate surface area is 122 Å². The second-order valence-electron chi connectivity index (χ2n) is 4.98. The number of rotatable bonds is 9. The Bertz CT molecular complexity index is 362. The molecule has 0 spiro atoms.